The standard InChI is InChI=1S/C13H25N3O3S/c1-2-16-5-3-11(9-16)7-14-13(17)15-8-12-4-6-20(18,19)10-12/h11-12H,2-10H2,1H3,(H2,14,15,17). The normalized spacial score (nSPS) is 29.4. The molecule has 20 heavy (non-hydrogen) atoms. The molecule has 2 heterocycles. The molecule has 2 aliphatic rings. The smallest absolute Gasteiger partial charge is 0.314 e. The minimum absolute atomic E-state index is 0.0767. The van der Waals surface area contributed by atoms with Gasteiger partial charge in [-0.2, -0.15) is 0 Å². The van der Waals surface area contributed by atoms with E-state index in [9.17, 15) is 13.2 Å². The second-order valence-electron chi connectivity index (χ2n) is 5.91. The highest BCUT2D eigenvalue weighted by Gasteiger charge is 2.28. The first-order valence-corrected chi connectivity index (χ1v) is 9.25. The van der Waals surface area contributed by atoms with Crippen molar-refractivity contribution in [1.29, 1.82) is 0 Å². The second kappa shape index (κ2) is 6.76. The first-order valence-electron chi connectivity index (χ1n) is 7.43. The molecule has 2 aliphatic heterocycles. The molecule has 2 saturated heterocycles. The van der Waals surface area contributed by atoms with E-state index in [4.69, 9.17) is 0 Å². The van der Waals surface area contributed by atoms with Gasteiger partial charge in [-0.1, -0.05) is 6.92 Å². The zero-order valence-electron chi connectivity index (χ0n) is 12.1. The van der Waals surface area contributed by atoms with Gasteiger partial charge in [0.15, 0.2) is 9.84 Å². The van der Waals surface area contributed by atoms with Crippen LogP contribution in [-0.2, 0) is 9.84 Å². The van der Waals surface area contributed by atoms with Gasteiger partial charge in [-0.3, -0.25) is 0 Å². The van der Waals surface area contributed by atoms with Crippen LogP contribution < -0.4 is 10.6 Å². The summed E-state index contributed by atoms with van der Waals surface area (Å²) in [4.78, 5) is 14.1. The fourth-order valence-electron chi connectivity index (χ4n) is 2.94. The number of hydrogen-bond acceptors (Lipinski definition) is 4. The van der Waals surface area contributed by atoms with E-state index < -0.39 is 9.84 Å². The van der Waals surface area contributed by atoms with Crippen molar-refractivity contribution in [2.45, 2.75) is 19.8 Å². The number of nitrogens with one attached hydrogen (secondary N) is 2. The largest absolute Gasteiger partial charge is 0.338 e. The SMILES string of the molecule is CCN1CCC(CNC(=O)NCC2CCS(=O)(=O)C2)C1. The lowest BCUT2D eigenvalue weighted by Crippen LogP contribution is -2.41. The van der Waals surface area contributed by atoms with Gasteiger partial charge in [0, 0.05) is 19.6 Å². The Morgan fingerprint density at radius 1 is 1.20 bits per heavy atom. The van der Waals surface area contributed by atoms with Crippen LogP contribution in [0.3, 0.4) is 0 Å². The van der Waals surface area contributed by atoms with Crippen LogP contribution in [0.4, 0.5) is 4.79 Å². The Bertz CT molecular complexity index is 438. The Kier molecular flexibility index (Phi) is 5.26. The van der Waals surface area contributed by atoms with Crippen LogP contribution in [0, 0.1) is 11.8 Å². The Morgan fingerprint density at radius 2 is 1.90 bits per heavy atom. The van der Waals surface area contributed by atoms with Crippen molar-refractivity contribution in [2.24, 2.45) is 11.8 Å². The molecular formula is C13H25N3O3S. The lowest BCUT2D eigenvalue weighted by molar-refractivity contribution is 0.237. The number of nitrogens with zero attached hydrogens (tertiary/aromatic N) is 1. The Labute approximate surface area is 121 Å². The van der Waals surface area contributed by atoms with Gasteiger partial charge in [0.2, 0.25) is 0 Å². The lowest BCUT2D eigenvalue weighted by Gasteiger charge is -2.15. The van der Waals surface area contributed by atoms with Gasteiger partial charge in [-0.25, -0.2) is 13.2 Å². The van der Waals surface area contributed by atoms with Crippen LogP contribution in [0.25, 0.3) is 0 Å². The summed E-state index contributed by atoms with van der Waals surface area (Å²) in [5.41, 5.74) is 0. The van der Waals surface area contributed by atoms with Crippen LogP contribution in [0.2, 0.25) is 0 Å². The molecule has 0 aromatic rings. The van der Waals surface area contributed by atoms with E-state index in [1.165, 1.54) is 0 Å². The first kappa shape index (κ1) is 15.6. The van der Waals surface area contributed by atoms with E-state index in [2.05, 4.69) is 22.5 Å². The number of rotatable bonds is 5. The molecule has 0 bridgehead atoms. The molecule has 0 radical (unpaired) electrons. The summed E-state index contributed by atoms with van der Waals surface area (Å²) in [6.45, 7) is 6.54. The van der Waals surface area contributed by atoms with Crippen LogP contribution in [0.15, 0.2) is 0 Å². The molecule has 116 valence electrons. The fourth-order valence-corrected chi connectivity index (χ4v) is 4.80. The van der Waals surface area contributed by atoms with Crippen LogP contribution in [0.5, 0.6) is 0 Å². The number of sulfone groups is 1. The lowest BCUT2D eigenvalue weighted by atomic mass is 10.1. The van der Waals surface area contributed by atoms with E-state index in [-0.39, 0.29) is 23.5 Å². The maximum atomic E-state index is 11.7. The van der Waals surface area contributed by atoms with Crippen molar-refractivity contribution < 1.29 is 13.2 Å². The minimum Gasteiger partial charge on any atom is -0.338 e. The van der Waals surface area contributed by atoms with Crippen molar-refractivity contribution in [1.82, 2.24) is 15.5 Å². The van der Waals surface area contributed by atoms with E-state index in [1.807, 2.05) is 0 Å². The van der Waals surface area contributed by atoms with Crippen molar-refractivity contribution in [3.8, 4) is 0 Å². The molecule has 6 nitrogen and oxygen atoms in total. The predicted octanol–water partition coefficient (Wildman–Crippen LogP) is 0.0621. The molecule has 7 heteroatoms. The molecule has 2 rings (SSSR count). The molecule has 2 N–H and O–H groups in total. The van der Waals surface area contributed by atoms with Gasteiger partial charge in [0.25, 0.3) is 0 Å². The maximum Gasteiger partial charge on any atom is 0.314 e. The van der Waals surface area contributed by atoms with Gasteiger partial charge >= 0.3 is 6.03 Å². The highest BCUT2D eigenvalue weighted by Crippen LogP contribution is 2.17. The average Bonchev–Trinajstić information content (AvgIpc) is 3.00. The van der Waals surface area contributed by atoms with Gasteiger partial charge < -0.3 is 15.5 Å². The van der Waals surface area contributed by atoms with Crippen LogP contribution in [-0.4, -0.2) is 63.6 Å². The summed E-state index contributed by atoms with van der Waals surface area (Å²) in [6.07, 6.45) is 1.80. The third-order valence-corrected chi connectivity index (χ3v) is 6.08. The monoisotopic (exact) mass is 303 g/mol. The van der Waals surface area contributed by atoms with Crippen molar-refractivity contribution in [3.05, 3.63) is 0 Å². The Hall–Kier alpha value is -0.820. The number of urea groups is 1. The van der Waals surface area contributed by atoms with Gasteiger partial charge in [0.1, 0.15) is 0 Å². The van der Waals surface area contributed by atoms with E-state index in [0.717, 1.165) is 26.1 Å². The van der Waals surface area contributed by atoms with Crippen molar-refractivity contribution in [2.75, 3.05) is 44.2 Å². The predicted molar refractivity (Wildman–Crippen MR) is 78.4 cm³/mol. The molecule has 0 aromatic heterocycles. The molecular weight excluding hydrogens is 278 g/mol. The van der Waals surface area contributed by atoms with Crippen molar-refractivity contribution >= 4 is 15.9 Å². The number of likely N-dealkylation sites (tertiary alicyclic amines) is 1. The topological polar surface area (TPSA) is 78.5 Å². The fraction of sp³-hybridized carbons (Fsp3) is 0.923. The number of carbonyl (C=O) groups excluding carboxylic acids is 1. The summed E-state index contributed by atoms with van der Waals surface area (Å²) in [5.74, 6) is 1.08. The third-order valence-electron chi connectivity index (χ3n) is 4.25. The molecule has 0 saturated carbocycles. The van der Waals surface area contributed by atoms with E-state index in [0.29, 0.717) is 25.4 Å². The molecule has 2 unspecified atom stereocenters. The second-order valence-corrected chi connectivity index (χ2v) is 8.14. The van der Waals surface area contributed by atoms with Crippen LogP contribution >= 0.6 is 0 Å². The van der Waals surface area contributed by atoms with Crippen LogP contribution in [0.1, 0.15) is 19.8 Å². The van der Waals surface area contributed by atoms with Gasteiger partial charge in [-0.05, 0) is 37.8 Å². The molecule has 0 aromatic carbocycles. The van der Waals surface area contributed by atoms with Crippen molar-refractivity contribution in [3.63, 3.8) is 0 Å². The zero-order chi connectivity index (χ0) is 14.6. The molecule has 0 spiro atoms. The highest BCUT2D eigenvalue weighted by atomic mass is 32.2. The molecule has 0 aliphatic carbocycles. The zero-order valence-corrected chi connectivity index (χ0v) is 12.9. The Morgan fingerprint density at radius 3 is 2.45 bits per heavy atom. The van der Waals surface area contributed by atoms with Gasteiger partial charge in [-0.15, -0.1) is 0 Å². The van der Waals surface area contributed by atoms with E-state index in [1.54, 1.807) is 0 Å². The summed E-state index contributed by atoms with van der Waals surface area (Å²) in [5, 5.41) is 5.67. The first-order chi connectivity index (χ1) is 9.48. The summed E-state index contributed by atoms with van der Waals surface area (Å²) < 4.78 is 22.6. The molecule has 2 amide bonds. The average molecular weight is 303 g/mol. The molecule has 2 atom stereocenters. The number of amides is 2. The quantitative estimate of drug-likeness (QED) is 0.753. The molecule has 2 fully saturated rings. The maximum absolute atomic E-state index is 11.7. The number of hydrogen-bond donors (Lipinski definition) is 2. The van der Waals surface area contributed by atoms with Gasteiger partial charge in [0.05, 0.1) is 11.5 Å². The summed E-state index contributed by atoms with van der Waals surface area (Å²) in [6, 6.07) is -0.177. The van der Waals surface area contributed by atoms with E-state index >= 15 is 0 Å². The third kappa shape index (κ3) is 4.63. The summed E-state index contributed by atoms with van der Waals surface area (Å²) in [7, 11) is -2.86. The summed E-state index contributed by atoms with van der Waals surface area (Å²) >= 11 is 0. The Balaban J connectivity index is 1.59. The number of carbonyl (C=O) groups is 1. The minimum atomic E-state index is -2.86. The highest BCUT2D eigenvalue weighted by molar-refractivity contribution is 7.91.